The molecule has 3 N–H and O–H groups in total. The molecule has 1 unspecified atom stereocenters. The lowest BCUT2D eigenvalue weighted by atomic mass is 10.0. The molecule has 23 heavy (non-hydrogen) atoms. The number of benzene rings is 2. The van der Waals surface area contributed by atoms with Crippen LogP contribution in [0.5, 0.6) is 0 Å². The van der Waals surface area contributed by atoms with Gasteiger partial charge in [-0.25, -0.2) is 13.1 Å². The number of nitrogens with one attached hydrogen (secondary N) is 2. The van der Waals surface area contributed by atoms with Gasteiger partial charge in [-0.2, -0.15) is 0 Å². The lowest BCUT2D eigenvalue weighted by molar-refractivity contribution is 0.281. The van der Waals surface area contributed by atoms with E-state index in [9.17, 15) is 13.5 Å². The van der Waals surface area contributed by atoms with Crippen LogP contribution < -0.4 is 10.0 Å². The van der Waals surface area contributed by atoms with Gasteiger partial charge in [0.25, 0.3) is 0 Å². The van der Waals surface area contributed by atoms with Gasteiger partial charge < -0.3 is 10.4 Å². The molecule has 5 nitrogen and oxygen atoms in total. The van der Waals surface area contributed by atoms with Crippen LogP contribution in [0.2, 0.25) is 0 Å². The lowest BCUT2D eigenvalue weighted by Gasteiger charge is -2.17. The van der Waals surface area contributed by atoms with Crippen LogP contribution in [-0.2, 0) is 23.2 Å². The number of anilines is 1. The molecule has 0 radical (unpaired) electrons. The molecule has 6 heteroatoms. The largest absolute Gasteiger partial charge is 0.392 e. The highest BCUT2D eigenvalue weighted by Crippen LogP contribution is 2.20. The molecule has 0 aliphatic carbocycles. The number of hydrogen-bond acceptors (Lipinski definition) is 4. The van der Waals surface area contributed by atoms with E-state index in [0.29, 0.717) is 0 Å². The Kier molecular flexibility index (Phi) is 5.76. The Balaban J connectivity index is 1.99. The maximum Gasteiger partial charge on any atom is 0.209 e. The topological polar surface area (TPSA) is 78.4 Å². The molecule has 0 saturated heterocycles. The van der Waals surface area contributed by atoms with Crippen molar-refractivity contribution in [2.45, 2.75) is 26.1 Å². The molecular formula is C17H22N2O3S. The summed E-state index contributed by atoms with van der Waals surface area (Å²) < 4.78 is 24.6. The highest BCUT2D eigenvalue weighted by molar-refractivity contribution is 7.88. The van der Waals surface area contributed by atoms with Crippen molar-refractivity contribution in [2.75, 3.05) is 11.6 Å². The standard InChI is InChI=1S/C17H22N2O3S/c1-13(16-5-3-4-15(10-16)12-20)19-17-8-6-14(7-9-17)11-18-23(2,21)22/h3-10,13,18-20H,11-12H2,1-2H3. The van der Waals surface area contributed by atoms with Crippen LogP contribution in [0.15, 0.2) is 48.5 Å². The van der Waals surface area contributed by atoms with Gasteiger partial charge >= 0.3 is 0 Å². The summed E-state index contributed by atoms with van der Waals surface area (Å²) in [4.78, 5) is 0. The maximum atomic E-state index is 11.1. The average Bonchev–Trinajstić information content (AvgIpc) is 2.53. The summed E-state index contributed by atoms with van der Waals surface area (Å²) in [6.07, 6.45) is 1.14. The first-order chi connectivity index (χ1) is 10.9. The summed E-state index contributed by atoms with van der Waals surface area (Å²) in [6.45, 7) is 2.37. The third-order valence-electron chi connectivity index (χ3n) is 3.51. The van der Waals surface area contributed by atoms with Crippen LogP contribution >= 0.6 is 0 Å². The summed E-state index contributed by atoms with van der Waals surface area (Å²) >= 11 is 0. The Morgan fingerprint density at radius 1 is 1.09 bits per heavy atom. The number of sulfonamides is 1. The Morgan fingerprint density at radius 3 is 2.39 bits per heavy atom. The van der Waals surface area contributed by atoms with Crippen molar-refractivity contribution >= 4 is 15.7 Å². The summed E-state index contributed by atoms with van der Waals surface area (Å²) in [5.74, 6) is 0. The van der Waals surface area contributed by atoms with Gasteiger partial charge in [-0.3, -0.25) is 0 Å². The average molecular weight is 334 g/mol. The van der Waals surface area contributed by atoms with Gasteiger partial charge in [0.05, 0.1) is 12.9 Å². The minimum atomic E-state index is -3.18. The summed E-state index contributed by atoms with van der Waals surface area (Å²) in [7, 11) is -3.18. The summed E-state index contributed by atoms with van der Waals surface area (Å²) in [5.41, 5.74) is 3.84. The molecule has 0 aliphatic heterocycles. The van der Waals surface area contributed by atoms with E-state index in [1.165, 1.54) is 0 Å². The molecule has 0 aliphatic rings. The molecule has 0 bridgehead atoms. The highest BCUT2D eigenvalue weighted by atomic mass is 32.2. The van der Waals surface area contributed by atoms with Crippen LogP contribution in [-0.4, -0.2) is 19.8 Å². The molecule has 124 valence electrons. The van der Waals surface area contributed by atoms with Crippen LogP contribution in [0.3, 0.4) is 0 Å². The van der Waals surface area contributed by atoms with E-state index in [-0.39, 0.29) is 19.2 Å². The SMILES string of the molecule is CC(Nc1ccc(CNS(C)(=O)=O)cc1)c1cccc(CO)c1. The molecule has 2 aromatic rings. The van der Waals surface area contributed by atoms with Gasteiger partial charge in [-0.15, -0.1) is 0 Å². The van der Waals surface area contributed by atoms with Gasteiger partial charge in [0.1, 0.15) is 0 Å². The number of aliphatic hydroxyl groups excluding tert-OH is 1. The fourth-order valence-corrected chi connectivity index (χ4v) is 2.66. The molecule has 0 aromatic heterocycles. The first-order valence-electron chi connectivity index (χ1n) is 7.37. The van der Waals surface area contributed by atoms with E-state index in [0.717, 1.165) is 28.6 Å². The van der Waals surface area contributed by atoms with E-state index in [4.69, 9.17) is 0 Å². The molecule has 0 amide bonds. The molecule has 1 atom stereocenters. The molecular weight excluding hydrogens is 312 g/mol. The number of rotatable bonds is 7. The normalized spacial score (nSPS) is 12.8. The van der Waals surface area contributed by atoms with Crippen molar-refractivity contribution in [1.82, 2.24) is 4.72 Å². The fourth-order valence-electron chi connectivity index (χ4n) is 2.23. The van der Waals surface area contributed by atoms with Crippen LogP contribution in [0.4, 0.5) is 5.69 Å². The van der Waals surface area contributed by atoms with Crippen LogP contribution in [0.1, 0.15) is 29.7 Å². The van der Waals surface area contributed by atoms with Gasteiger partial charge in [-0.05, 0) is 35.7 Å². The van der Waals surface area contributed by atoms with Crippen molar-refractivity contribution in [1.29, 1.82) is 0 Å². The van der Waals surface area contributed by atoms with E-state index >= 15 is 0 Å². The predicted molar refractivity (Wildman–Crippen MR) is 92.5 cm³/mol. The maximum absolute atomic E-state index is 11.1. The van der Waals surface area contributed by atoms with Crippen LogP contribution in [0, 0.1) is 0 Å². The second kappa shape index (κ2) is 7.59. The molecule has 0 fully saturated rings. The van der Waals surface area contributed by atoms with Gasteiger partial charge in [0.2, 0.25) is 10.0 Å². The van der Waals surface area contributed by atoms with E-state index < -0.39 is 10.0 Å². The van der Waals surface area contributed by atoms with Crippen molar-refractivity contribution in [2.24, 2.45) is 0 Å². The third kappa shape index (κ3) is 5.67. The van der Waals surface area contributed by atoms with Crippen molar-refractivity contribution < 1.29 is 13.5 Å². The molecule has 2 rings (SSSR count). The fraction of sp³-hybridized carbons (Fsp3) is 0.294. The Morgan fingerprint density at radius 2 is 1.78 bits per heavy atom. The number of aliphatic hydroxyl groups is 1. The minimum absolute atomic E-state index is 0.0304. The predicted octanol–water partition coefficient (Wildman–Crippen LogP) is 2.40. The summed E-state index contributed by atoms with van der Waals surface area (Å²) in [5, 5.41) is 12.6. The zero-order chi connectivity index (χ0) is 16.9. The van der Waals surface area contributed by atoms with Gasteiger partial charge in [-0.1, -0.05) is 36.4 Å². The first kappa shape index (κ1) is 17.5. The van der Waals surface area contributed by atoms with Crippen LogP contribution in [0.25, 0.3) is 0 Å². The molecule has 0 spiro atoms. The van der Waals surface area contributed by atoms with Crippen molar-refractivity contribution in [3.05, 3.63) is 65.2 Å². The second-order valence-electron chi connectivity index (χ2n) is 5.56. The van der Waals surface area contributed by atoms with E-state index in [1.54, 1.807) is 0 Å². The van der Waals surface area contributed by atoms with Crippen molar-refractivity contribution in [3.8, 4) is 0 Å². The lowest BCUT2D eigenvalue weighted by Crippen LogP contribution is -2.21. The third-order valence-corrected chi connectivity index (χ3v) is 4.18. The first-order valence-corrected chi connectivity index (χ1v) is 9.26. The van der Waals surface area contributed by atoms with Gasteiger partial charge in [0, 0.05) is 18.3 Å². The minimum Gasteiger partial charge on any atom is -0.392 e. The summed E-state index contributed by atoms with van der Waals surface area (Å²) in [6, 6.07) is 15.5. The van der Waals surface area contributed by atoms with Crippen molar-refractivity contribution in [3.63, 3.8) is 0 Å². The number of hydrogen-bond donors (Lipinski definition) is 3. The van der Waals surface area contributed by atoms with E-state index in [2.05, 4.69) is 17.0 Å². The second-order valence-corrected chi connectivity index (χ2v) is 7.39. The molecule has 2 aromatic carbocycles. The highest BCUT2D eigenvalue weighted by Gasteiger charge is 2.06. The van der Waals surface area contributed by atoms with Gasteiger partial charge in [0.15, 0.2) is 0 Å². The smallest absolute Gasteiger partial charge is 0.209 e. The molecule has 0 heterocycles. The molecule has 0 saturated carbocycles. The zero-order valence-electron chi connectivity index (χ0n) is 13.3. The Bertz CT molecular complexity index is 743. The van der Waals surface area contributed by atoms with E-state index in [1.807, 2.05) is 48.5 Å². The monoisotopic (exact) mass is 334 g/mol. The Labute approximate surface area is 137 Å². The zero-order valence-corrected chi connectivity index (χ0v) is 14.1. The Hall–Kier alpha value is -1.89. The quantitative estimate of drug-likeness (QED) is 0.726.